The van der Waals surface area contributed by atoms with Gasteiger partial charge in [-0.3, -0.25) is 4.79 Å². The molecule has 2 aliphatic rings. The average molecular weight is 318 g/mol. The number of para-hydroxylation sites is 2. The van der Waals surface area contributed by atoms with Gasteiger partial charge in [0, 0.05) is 35.6 Å². The normalized spacial score (nSPS) is 11.4. The molecule has 1 aliphatic heterocycles. The van der Waals surface area contributed by atoms with Crippen molar-refractivity contribution in [1.82, 2.24) is 4.98 Å². The summed E-state index contributed by atoms with van der Waals surface area (Å²) in [6.45, 7) is 5.95. The van der Waals surface area contributed by atoms with E-state index in [0.29, 0.717) is 16.7 Å². The molecule has 0 saturated heterocycles. The van der Waals surface area contributed by atoms with Crippen LogP contribution in [-0.2, 0) is 0 Å². The van der Waals surface area contributed by atoms with Gasteiger partial charge in [-0.1, -0.05) is 24.3 Å². The van der Waals surface area contributed by atoms with E-state index in [-0.39, 0.29) is 5.43 Å². The molecular weight excluding hydrogens is 300 g/mol. The molecule has 0 fully saturated rings. The standard InChI is InChI=1S/C20H18N2O2/c1-3-22(4-2)15-10-7-8-13-16(23)12-18-20(19(13)15)21-14-9-5-6-11-17(14)24-18/h5-12H,3-4H2,1-2H3. The van der Waals surface area contributed by atoms with Crippen LogP contribution in [0.4, 0.5) is 5.69 Å². The third kappa shape index (κ3) is 2.14. The van der Waals surface area contributed by atoms with E-state index in [2.05, 4.69) is 18.7 Å². The Kier molecular flexibility index (Phi) is 3.45. The van der Waals surface area contributed by atoms with Gasteiger partial charge in [-0.15, -0.1) is 0 Å². The summed E-state index contributed by atoms with van der Waals surface area (Å²) in [4.78, 5) is 19.6. The van der Waals surface area contributed by atoms with Crippen LogP contribution in [0.15, 0.2) is 57.7 Å². The summed E-state index contributed by atoms with van der Waals surface area (Å²) in [5, 5.41) is 1.56. The van der Waals surface area contributed by atoms with Crippen LogP contribution in [-0.4, -0.2) is 18.1 Å². The average Bonchev–Trinajstić information content (AvgIpc) is 2.61. The van der Waals surface area contributed by atoms with Crippen LogP contribution in [0.25, 0.3) is 33.3 Å². The fraction of sp³-hybridized carbons (Fsp3) is 0.200. The van der Waals surface area contributed by atoms with Crippen LogP contribution in [0.1, 0.15) is 13.8 Å². The largest absolute Gasteiger partial charge is 0.453 e. The summed E-state index contributed by atoms with van der Waals surface area (Å²) in [7, 11) is 0. The van der Waals surface area contributed by atoms with Crippen molar-refractivity contribution >= 4 is 27.6 Å². The van der Waals surface area contributed by atoms with E-state index in [1.807, 2.05) is 42.5 Å². The number of hydrogen-bond acceptors (Lipinski definition) is 4. The maximum absolute atomic E-state index is 12.6. The molecule has 4 nitrogen and oxygen atoms in total. The minimum Gasteiger partial charge on any atom is -0.453 e. The molecule has 2 aromatic rings. The lowest BCUT2D eigenvalue weighted by atomic mass is 10.0. The van der Waals surface area contributed by atoms with Gasteiger partial charge < -0.3 is 9.32 Å². The summed E-state index contributed by atoms with van der Waals surface area (Å²) in [6, 6.07) is 15.0. The van der Waals surface area contributed by atoms with Crippen molar-refractivity contribution in [3.8, 4) is 11.5 Å². The Morgan fingerprint density at radius 2 is 1.83 bits per heavy atom. The van der Waals surface area contributed by atoms with Gasteiger partial charge in [-0.25, -0.2) is 4.98 Å². The molecular formula is C20H18N2O2. The Bertz CT molecular complexity index is 1060. The van der Waals surface area contributed by atoms with Gasteiger partial charge in [0.15, 0.2) is 16.8 Å². The predicted molar refractivity (Wildman–Crippen MR) is 98.0 cm³/mol. The lowest BCUT2D eigenvalue weighted by Crippen LogP contribution is -2.22. The Morgan fingerprint density at radius 1 is 1.04 bits per heavy atom. The lowest BCUT2D eigenvalue weighted by molar-refractivity contribution is 0.614. The first kappa shape index (κ1) is 14.7. The summed E-state index contributed by atoms with van der Waals surface area (Å²) < 4.78 is 5.96. The molecule has 4 rings (SSSR count). The van der Waals surface area contributed by atoms with Gasteiger partial charge in [-0.05, 0) is 32.0 Å². The summed E-state index contributed by atoms with van der Waals surface area (Å²) >= 11 is 0. The van der Waals surface area contributed by atoms with Crippen LogP contribution in [0, 0.1) is 0 Å². The summed E-state index contributed by atoms with van der Waals surface area (Å²) in [5.41, 5.74) is 3.21. The van der Waals surface area contributed by atoms with Gasteiger partial charge in [0.05, 0.1) is 0 Å². The van der Waals surface area contributed by atoms with Crippen LogP contribution in [0.3, 0.4) is 0 Å². The predicted octanol–water partition coefficient (Wildman–Crippen LogP) is 4.29. The highest BCUT2D eigenvalue weighted by molar-refractivity contribution is 6.04. The zero-order chi connectivity index (χ0) is 16.7. The summed E-state index contributed by atoms with van der Waals surface area (Å²) in [6.07, 6.45) is 0. The number of nitrogens with zero attached hydrogens (tertiary/aromatic N) is 2. The van der Waals surface area contributed by atoms with Gasteiger partial charge in [-0.2, -0.15) is 0 Å². The van der Waals surface area contributed by atoms with Crippen molar-refractivity contribution in [1.29, 1.82) is 0 Å². The molecule has 0 atom stereocenters. The number of hydrogen-bond donors (Lipinski definition) is 0. The Labute approximate surface area is 139 Å². The molecule has 1 aliphatic carbocycles. The second-order valence-corrected chi connectivity index (χ2v) is 5.78. The Balaban J connectivity index is 2.20. The molecule has 0 bridgehead atoms. The molecule has 4 heteroatoms. The SMILES string of the molecule is CCN(CC)c1cccc2c(=O)cc3oc4ccccc4nc-3c12. The van der Waals surface area contributed by atoms with E-state index in [1.165, 1.54) is 0 Å². The number of rotatable bonds is 3. The van der Waals surface area contributed by atoms with Crippen LogP contribution >= 0.6 is 0 Å². The highest BCUT2D eigenvalue weighted by atomic mass is 16.3. The molecule has 0 saturated carbocycles. The monoisotopic (exact) mass is 318 g/mol. The molecule has 0 amide bonds. The Morgan fingerprint density at radius 3 is 2.62 bits per heavy atom. The van der Waals surface area contributed by atoms with E-state index in [0.717, 1.165) is 35.4 Å². The quantitative estimate of drug-likeness (QED) is 0.417. The minimum atomic E-state index is -0.0349. The number of anilines is 1. The second-order valence-electron chi connectivity index (χ2n) is 5.78. The number of aromatic nitrogens is 1. The number of fused-ring (bicyclic) bond motifs is 4. The van der Waals surface area contributed by atoms with Crippen molar-refractivity contribution in [2.75, 3.05) is 18.0 Å². The maximum Gasteiger partial charge on any atom is 0.190 e. The van der Waals surface area contributed by atoms with E-state index in [4.69, 9.17) is 9.40 Å². The molecule has 0 aromatic heterocycles. The van der Waals surface area contributed by atoms with Crippen LogP contribution < -0.4 is 10.3 Å². The molecule has 24 heavy (non-hydrogen) atoms. The molecule has 0 unspecified atom stereocenters. The van der Waals surface area contributed by atoms with Crippen molar-refractivity contribution in [3.63, 3.8) is 0 Å². The first-order valence-corrected chi connectivity index (χ1v) is 8.23. The second kappa shape index (κ2) is 5.64. The zero-order valence-electron chi connectivity index (χ0n) is 13.7. The molecule has 1 heterocycles. The highest BCUT2D eigenvalue weighted by Gasteiger charge is 2.19. The van der Waals surface area contributed by atoms with Gasteiger partial charge in [0.1, 0.15) is 11.2 Å². The third-order valence-electron chi connectivity index (χ3n) is 4.46. The Hall–Kier alpha value is -2.88. The molecule has 0 spiro atoms. The van der Waals surface area contributed by atoms with Gasteiger partial charge in [0.25, 0.3) is 0 Å². The van der Waals surface area contributed by atoms with Gasteiger partial charge >= 0.3 is 0 Å². The van der Waals surface area contributed by atoms with Gasteiger partial charge in [0.2, 0.25) is 0 Å². The molecule has 0 radical (unpaired) electrons. The number of benzene rings is 3. The highest BCUT2D eigenvalue weighted by Crippen LogP contribution is 2.35. The van der Waals surface area contributed by atoms with Crippen molar-refractivity contribution in [2.45, 2.75) is 13.8 Å². The smallest absolute Gasteiger partial charge is 0.190 e. The molecule has 2 aromatic carbocycles. The van der Waals surface area contributed by atoms with Crippen molar-refractivity contribution in [2.24, 2.45) is 0 Å². The van der Waals surface area contributed by atoms with Crippen LogP contribution in [0.5, 0.6) is 0 Å². The molecule has 120 valence electrons. The third-order valence-corrected chi connectivity index (χ3v) is 4.46. The van der Waals surface area contributed by atoms with E-state index < -0.39 is 0 Å². The maximum atomic E-state index is 12.6. The minimum absolute atomic E-state index is 0.0349. The summed E-state index contributed by atoms with van der Waals surface area (Å²) in [5.74, 6) is 0.533. The van der Waals surface area contributed by atoms with E-state index in [9.17, 15) is 4.79 Å². The fourth-order valence-electron chi connectivity index (χ4n) is 3.27. The van der Waals surface area contributed by atoms with Crippen molar-refractivity contribution < 1.29 is 4.42 Å². The van der Waals surface area contributed by atoms with Crippen molar-refractivity contribution in [3.05, 3.63) is 58.8 Å². The fourth-order valence-corrected chi connectivity index (χ4v) is 3.27. The first-order chi connectivity index (χ1) is 11.7. The molecule has 0 N–H and O–H groups in total. The van der Waals surface area contributed by atoms with E-state index in [1.54, 1.807) is 6.07 Å². The van der Waals surface area contributed by atoms with Crippen LogP contribution in [0.2, 0.25) is 0 Å². The first-order valence-electron chi connectivity index (χ1n) is 8.23. The lowest BCUT2D eigenvalue weighted by Gasteiger charge is -2.24. The zero-order valence-corrected chi connectivity index (χ0v) is 13.7. The topological polar surface area (TPSA) is 46.3 Å². The van der Waals surface area contributed by atoms with E-state index >= 15 is 0 Å².